The molecule has 1 heterocycles. The minimum Gasteiger partial charge on any atom is -0.494 e. The van der Waals surface area contributed by atoms with Gasteiger partial charge in [0.15, 0.2) is 0 Å². The zero-order valence-electron chi connectivity index (χ0n) is 19.5. The highest BCUT2D eigenvalue weighted by Crippen LogP contribution is 2.23. The summed E-state index contributed by atoms with van der Waals surface area (Å²) in [5, 5.41) is 0.549. The summed E-state index contributed by atoms with van der Waals surface area (Å²) in [5.74, 6) is 1.28. The van der Waals surface area contributed by atoms with Crippen LogP contribution in [-0.2, 0) is 17.7 Å². The highest BCUT2D eigenvalue weighted by molar-refractivity contribution is 5.83. The van der Waals surface area contributed by atoms with Crippen molar-refractivity contribution in [1.29, 1.82) is 0 Å². The smallest absolute Gasteiger partial charge is 0.410 e. The lowest BCUT2D eigenvalue weighted by Gasteiger charge is -2.25. The number of carbonyl (C=O) groups excluding carboxylic acids is 1. The summed E-state index contributed by atoms with van der Waals surface area (Å²) in [5.41, 5.74) is -0.107. The molecular weight excluding hydrogens is 382 g/mol. The third-order valence-electron chi connectivity index (χ3n) is 4.48. The Balaban J connectivity index is 2.31. The molecule has 0 aliphatic carbocycles. The van der Waals surface area contributed by atoms with Crippen molar-refractivity contribution in [2.24, 2.45) is 5.41 Å². The molecule has 0 bridgehead atoms. The van der Waals surface area contributed by atoms with Crippen LogP contribution in [0.1, 0.15) is 53.8 Å². The lowest BCUT2D eigenvalue weighted by molar-refractivity contribution is 0.0297. The van der Waals surface area contributed by atoms with Gasteiger partial charge in [-0.1, -0.05) is 26.8 Å². The number of fused-ring (bicyclic) bond motifs is 1. The number of carbonyl (C=O) groups is 1. The highest BCUT2D eigenvalue weighted by Gasteiger charge is 2.21. The minimum absolute atomic E-state index is 0.0654. The maximum Gasteiger partial charge on any atom is 0.410 e. The van der Waals surface area contributed by atoms with Gasteiger partial charge in [0.25, 0.3) is 5.56 Å². The molecule has 0 saturated heterocycles. The van der Waals surface area contributed by atoms with E-state index in [0.29, 0.717) is 48.4 Å². The first-order valence-electron chi connectivity index (χ1n) is 10.3. The largest absolute Gasteiger partial charge is 0.494 e. The highest BCUT2D eigenvalue weighted by atomic mass is 16.6. The Morgan fingerprint density at radius 1 is 1.17 bits per heavy atom. The van der Waals surface area contributed by atoms with Crippen LogP contribution in [0.15, 0.2) is 23.0 Å². The lowest BCUT2D eigenvalue weighted by atomic mass is 9.96. The number of rotatable bonds is 6. The molecule has 0 unspecified atom stereocenters. The van der Waals surface area contributed by atoms with Crippen molar-refractivity contribution >= 4 is 17.0 Å². The maximum absolute atomic E-state index is 13.2. The van der Waals surface area contributed by atoms with Crippen LogP contribution in [0.2, 0.25) is 0 Å². The topological polar surface area (TPSA) is 73.7 Å². The minimum atomic E-state index is -0.533. The Kier molecular flexibility index (Phi) is 7.16. The first-order chi connectivity index (χ1) is 13.8. The molecule has 0 aliphatic rings. The fourth-order valence-corrected chi connectivity index (χ4v) is 3.16. The van der Waals surface area contributed by atoms with Gasteiger partial charge in [-0.05, 0) is 44.7 Å². The summed E-state index contributed by atoms with van der Waals surface area (Å²) in [7, 11) is 3.29. The SMILES string of the molecule is COc1cccc2c(=O)n(CC(C)(C)C)c(CCCN(C)C(=O)OC(C)(C)C)nc12. The van der Waals surface area contributed by atoms with Gasteiger partial charge in [0.05, 0.1) is 12.5 Å². The van der Waals surface area contributed by atoms with Gasteiger partial charge in [-0.15, -0.1) is 0 Å². The molecule has 2 rings (SSSR count). The number of nitrogens with zero attached hydrogens (tertiary/aromatic N) is 3. The number of benzene rings is 1. The van der Waals surface area contributed by atoms with Crippen molar-refractivity contribution < 1.29 is 14.3 Å². The molecule has 0 aliphatic heterocycles. The monoisotopic (exact) mass is 417 g/mol. The normalized spacial score (nSPS) is 12.1. The predicted octanol–water partition coefficient (Wildman–Crippen LogP) is 4.25. The van der Waals surface area contributed by atoms with Crippen molar-refractivity contribution in [3.63, 3.8) is 0 Å². The first-order valence-corrected chi connectivity index (χ1v) is 10.3. The zero-order chi connectivity index (χ0) is 22.7. The number of hydrogen-bond donors (Lipinski definition) is 0. The number of ether oxygens (including phenoxy) is 2. The third-order valence-corrected chi connectivity index (χ3v) is 4.48. The molecule has 0 radical (unpaired) electrons. The fraction of sp³-hybridized carbons (Fsp3) is 0.609. The molecule has 7 heteroatoms. The van der Waals surface area contributed by atoms with Crippen LogP contribution in [0.25, 0.3) is 10.9 Å². The van der Waals surface area contributed by atoms with E-state index in [2.05, 4.69) is 20.8 Å². The van der Waals surface area contributed by atoms with E-state index in [9.17, 15) is 9.59 Å². The van der Waals surface area contributed by atoms with E-state index in [1.165, 1.54) is 0 Å². The first kappa shape index (κ1) is 23.7. The van der Waals surface area contributed by atoms with Gasteiger partial charge in [-0.3, -0.25) is 9.36 Å². The molecule has 0 spiro atoms. The van der Waals surface area contributed by atoms with Gasteiger partial charge in [0.2, 0.25) is 0 Å². The molecule has 7 nitrogen and oxygen atoms in total. The van der Waals surface area contributed by atoms with Crippen LogP contribution < -0.4 is 10.3 Å². The summed E-state index contributed by atoms with van der Waals surface area (Å²) in [4.78, 5) is 31.8. The number of methoxy groups -OCH3 is 1. The summed E-state index contributed by atoms with van der Waals surface area (Å²) < 4.78 is 12.6. The quantitative estimate of drug-likeness (QED) is 0.702. The Labute approximate surface area is 179 Å². The number of para-hydroxylation sites is 1. The predicted molar refractivity (Wildman–Crippen MR) is 119 cm³/mol. The Bertz CT molecular complexity index is 952. The van der Waals surface area contributed by atoms with Gasteiger partial charge in [-0.25, -0.2) is 9.78 Å². The van der Waals surface area contributed by atoms with E-state index in [4.69, 9.17) is 14.5 Å². The summed E-state index contributed by atoms with van der Waals surface area (Å²) in [6, 6.07) is 5.40. The molecule has 0 saturated carbocycles. The van der Waals surface area contributed by atoms with Crippen molar-refractivity contribution in [3.8, 4) is 5.75 Å². The average molecular weight is 418 g/mol. The molecule has 0 fully saturated rings. The second-order valence-electron chi connectivity index (χ2n) is 9.84. The zero-order valence-corrected chi connectivity index (χ0v) is 19.5. The molecule has 1 aromatic heterocycles. The Hall–Kier alpha value is -2.57. The van der Waals surface area contributed by atoms with Gasteiger partial charge >= 0.3 is 6.09 Å². The van der Waals surface area contributed by atoms with Crippen LogP contribution in [0.3, 0.4) is 0 Å². The average Bonchev–Trinajstić information content (AvgIpc) is 2.61. The Morgan fingerprint density at radius 3 is 2.40 bits per heavy atom. The van der Waals surface area contributed by atoms with E-state index < -0.39 is 5.60 Å². The Morgan fingerprint density at radius 2 is 1.83 bits per heavy atom. The van der Waals surface area contributed by atoms with Gasteiger partial charge in [-0.2, -0.15) is 0 Å². The molecule has 1 amide bonds. The van der Waals surface area contributed by atoms with Crippen molar-refractivity contribution in [2.45, 2.75) is 66.5 Å². The van der Waals surface area contributed by atoms with E-state index >= 15 is 0 Å². The van der Waals surface area contributed by atoms with E-state index in [1.807, 2.05) is 26.8 Å². The van der Waals surface area contributed by atoms with Gasteiger partial charge in [0, 0.05) is 26.6 Å². The molecule has 1 aromatic carbocycles. The van der Waals surface area contributed by atoms with E-state index in [-0.39, 0.29) is 17.1 Å². The van der Waals surface area contributed by atoms with Crippen LogP contribution in [0, 0.1) is 5.41 Å². The standard InChI is InChI=1S/C23H35N3O4/c1-22(2,3)15-26-18(13-10-14-25(7)21(28)30-23(4,5)6)24-19-16(20(26)27)11-9-12-17(19)29-8/h9,11-12H,10,13-15H2,1-8H3. The van der Waals surface area contributed by atoms with Crippen LogP contribution >= 0.6 is 0 Å². The maximum atomic E-state index is 13.2. The number of hydrogen-bond acceptors (Lipinski definition) is 5. The second kappa shape index (κ2) is 9.06. The van der Waals surface area contributed by atoms with Gasteiger partial charge in [0.1, 0.15) is 22.7 Å². The van der Waals surface area contributed by atoms with Crippen molar-refractivity contribution in [3.05, 3.63) is 34.4 Å². The number of aromatic nitrogens is 2. The van der Waals surface area contributed by atoms with Crippen LogP contribution in [0.5, 0.6) is 5.75 Å². The molecule has 30 heavy (non-hydrogen) atoms. The number of aryl methyl sites for hydroxylation is 1. The second-order valence-corrected chi connectivity index (χ2v) is 9.84. The number of amides is 1. The van der Waals surface area contributed by atoms with Crippen molar-refractivity contribution in [2.75, 3.05) is 20.7 Å². The molecule has 0 atom stereocenters. The van der Waals surface area contributed by atoms with E-state index in [0.717, 1.165) is 0 Å². The molecule has 166 valence electrons. The summed E-state index contributed by atoms with van der Waals surface area (Å²) in [6.45, 7) is 12.9. The van der Waals surface area contributed by atoms with Crippen LogP contribution in [-0.4, -0.2) is 46.8 Å². The summed E-state index contributed by atoms with van der Waals surface area (Å²) >= 11 is 0. The van der Waals surface area contributed by atoms with Crippen LogP contribution in [0.4, 0.5) is 4.79 Å². The fourth-order valence-electron chi connectivity index (χ4n) is 3.16. The third kappa shape index (κ3) is 6.21. The van der Waals surface area contributed by atoms with Crippen molar-refractivity contribution in [1.82, 2.24) is 14.5 Å². The summed E-state index contributed by atoms with van der Waals surface area (Å²) in [6.07, 6.45) is 0.863. The molecule has 2 aromatic rings. The molecular formula is C23H35N3O4. The van der Waals surface area contributed by atoms with E-state index in [1.54, 1.807) is 35.8 Å². The van der Waals surface area contributed by atoms with Gasteiger partial charge < -0.3 is 14.4 Å². The molecule has 0 N–H and O–H groups in total. The lowest BCUT2D eigenvalue weighted by Crippen LogP contribution is -2.35.